The Labute approximate surface area is 73.8 Å². The maximum atomic E-state index is 3.78. The minimum Gasteiger partial charge on any atom is -0.134 e. The maximum Gasteiger partial charge on any atom is 0.374 e. The molecule has 0 aromatic heterocycles. The summed E-state index contributed by atoms with van der Waals surface area (Å²) in [4.78, 5) is 0. The third-order valence-electron chi connectivity index (χ3n) is 2.50. The molecule has 0 saturated heterocycles. The van der Waals surface area contributed by atoms with Crippen molar-refractivity contribution in [3.8, 4) is 0 Å². The van der Waals surface area contributed by atoms with E-state index >= 15 is 0 Å². The Morgan fingerprint density at radius 1 is 1.30 bits per heavy atom. The molecule has 1 rings (SSSR count). The minimum atomic E-state index is 0.247. The van der Waals surface area contributed by atoms with Gasteiger partial charge in [0.1, 0.15) is 0 Å². The smallest absolute Gasteiger partial charge is 0.134 e. The molecule has 0 aliphatic heterocycles. The van der Waals surface area contributed by atoms with Crippen LogP contribution in [0.3, 0.4) is 0 Å². The van der Waals surface area contributed by atoms with Crippen molar-refractivity contribution in [2.24, 2.45) is 0 Å². The Morgan fingerprint density at radius 2 is 2.00 bits per heavy atom. The second-order valence-electron chi connectivity index (χ2n) is 3.37. The molecule has 54 valence electrons. The van der Waals surface area contributed by atoms with E-state index in [0.717, 1.165) is 0 Å². The van der Waals surface area contributed by atoms with Gasteiger partial charge in [0.05, 0.1) is 0 Å². The van der Waals surface area contributed by atoms with Gasteiger partial charge in [-0.15, -0.1) is 21.3 Å². The fraction of sp³-hybridized carbons (Fsp3) is 0.778. The van der Waals surface area contributed by atoms with Crippen molar-refractivity contribution in [1.82, 2.24) is 0 Å². The third-order valence-corrected chi connectivity index (χ3v) is 4.88. The highest BCUT2D eigenvalue weighted by Crippen LogP contribution is 2.28. The first-order valence-electron chi connectivity index (χ1n) is 4.54. The number of rotatable bonds is 3. The normalized spacial score (nSPS) is 20.0. The highest BCUT2D eigenvalue weighted by molar-refractivity contribution is 6.38. The molecule has 0 bridgehead atoms. The number of hydrogen-bond donors (Lipinski definition) is 0. The maximum absolute atomic E-state index is 3.78. The Balaban J connectivity index is 2.07. The van der Waals surface area contributed by atoms with Crippen molar-refractivity contribution >= 4 is 20.4 Å². The molecule has 0 amide bonds. The molecule has 10 heavy (non-hydrogen) atoms. The first-order chi connectivity index (χ1) is 4.93. The van der Waals surface area contributed by atoms with E-state index in [9.17, 15) is 0 Å². The molecular formula is C9H16Mg. The zero-order valence-electron chi connectivity index (χ0n) is 6.81. The summed E-state index contributed by atoms with van der Waals surface area (Å²) >= 11 is 0.247. The molecule has 0 aromatic rings. The van der Waals surface area contributed by atoms with Crippen LogP contribution in [0, 0.1) is 0 Å². The van der Waals surface area contributed by atoms with Crippen LogP contribution in [-0.4, -0.2) is 20.4 Å². The molecule has 0 spiro atoms. The minimum absolute atomic E-state index is 0.247. The van der Waals surface area contributed by atoms with Gasteiger partial charge in [0.25, 0.3) is 0 Å². The van der Waals surface area contributed by atoms with Crippen molar-refractivity contribution in [2.45, 2.75) is 40.7 Å². The standard InChI is InChI=1S/C6H11.C3H5.Mg/c1-2-4-6-5-3-1;1-3-2;/h1H,2-6H2;3H,1-2H2;. The van der Waals surface area contributed by atoms with Crippen molar-refractivity contribution in [3.63, 3.8) is 0 Å². The van der Waals surface area contributed by atoms with Crippen LogP contribution in [0.4, 0.5) is 0 Å². The van der Waals surface area contributed by atoms with Gasteiger partial charge in [-0.05, 0) is 0 Å². The number of hydrogen-bond acceptors (Lipinski definition) is 0. The summed E-state index contributed by atoms with van der Waals surface area (Å²) in [6.45, 7) is 3.78. The lowest BCUT2D eigenvalue weighted by Crippen LogP contribution is -2.06. The molecule has 0 nitrogen and oxygen atoms in total. The van der Waals surface area contributed by atoms with E-state index in [0.29, 0.717) is 0 Å². The lowest BCUT2D eigenvalue weighted by atomic mass is 10.00. The molecular weight excluding hydrogens is 132 g/mol. The van der Waals surface area contributed by atoms with Crippen LogP contribution in [0.5, 0.6) is 0 Å². The molecule has 1 saturated carbocycles. The van der Waals surface area contributed by atoms with E-state index in [4.69, 9.17) is 0 Å². The summed E-state index contributed by atoms with van der Waals surface area (Å²) < 4.78 is 2.54. The number of allylic oxidation sites excluding steroid dienone is 1. The van der Waals surface area contributed by atoms with Gasteiger partial charge in [-0.3, -0.25) is 0 Å². The first kappa shape index (κ1) is 8.60. The monoisotopic (exact) mass is 148 g/mol. The lowest BCUT2D eigenvalue weighted by Gasteiger charge is -2.20. The van der Waals surface area contributed by atoms with Crippen LogP contribution in [0.25, 0.3) is 0 Å². The Kier molecular flexibility index (Phi) is 4.47. The second kappa shape index (κ2) is 5.20. The SMILES string of the molecule is C=C[CH2][Mg][CH]1CCCCC1. The largest absolute Gasteiger partial charge is 0.374 e. The zero-order valence-corrected chi connectivity index (χ0v) is 8.23. The van der Waals surface area contributed by atoms with Crippen LogP contribution in [-0.2, 0) is 0 Å². The topological polar surface area (TPSA) is 0 Å². The van der Waals surface area contributed by atoms with E-state index in [1.165, 1.54) is 27.9 Å². The summed E-state index contributed by atoms with van der Waals surface area (Å²) in [5.74, 6) is 0. The predicted octanol–water partition coefficient (Wildman–Crippen LogP) is 3.05. The van der Waals surface area contributed by atoms with E-state index in [1.54, 1.807) is 12.8 Å². The molecule has 1 heteroatoms. The highest BCUT2D eigenvalue weighted by atomic mass is 24.5. The summed E-state index contributed by atoms with van der Waals surface area (Å²) in [5.41, 5.74) is 0. The van der Waals surface area contributed by atoms with Gasteiger partial charge < -0.3 is 0 Å². The quantitative estimate of drug-likeness (QED) is 0.426. The van der Waals surface area contributed by atoms with Crippen molar-refractivity contribution < 1.29 is 0 Å². The molecule has 0 aromatic carbocycles. The molecule has 0 unspecified atom stereocenters. The van der Waals surface area contributed by atoms with Gasteiger partial charge >= 0.3 is 20.4 Å². The van der Waals surface area contributed by atoms with Gasteiger partial charge in [-0.25, -0.2) is 0 Å². The van der Waals surface area contributed by atoms with Gasteiger partial charge in [0.2, 0.25) is 0 Å². The molecule has 0 radical (unpaired) electrons. The van der Waals surface area contributed by atoms with E-state index in [1.807, 2.05) is 0 Å². The second-order valence-corrected chi connectivity index (χ2v) is 5.68. The van der Waals surface area contributed by atoms with Crippen LogP contribution >= 0.6 is 0 Å². The van der Waals surface area contributed by atoms with Gasteiger partial charge in [-0.1, -0.05) is 32.1 Å². The first-order valence-corrected chi connectivity index (χ1v) is 6.36. The summed E-state index contributed by atoms with van der Waals surface area (Å²) in [5, 5.41) is 0. The predicted molar refractivity (Wildman–Crippen MR) is 47.6 cm³/mol. The van der Waals surface area contributed by atoms with Crippen LogP contribution in [0.2, 0.25) is 8.60 Å². The third kappa shape index (κ3) is 3.06. The Morgan fingerprint density at radius 3 is 2.60 bits per heavy atom. The average molecular weight is 149 g/mol. The molecule has 0 heterocycles. The van der Waals surface area contributed by atoms with Crippen LogP contribution < -0.4 is 0 Å². The van der Waals surface area contributed by atoms with Gasteiger partial charge in [0.15, 0.2) is 0 Å². The summed E-state index contributed by atoms with van der Waals surface area (Å²) in [6.07, 6.45) is 9.71. The van der Waals surface area contributed by atoms with Gasteiger partial charge in [0, 0.05) is 0 Å². The fourth-order valence-electron chi connectivity index (χ4n) is 1.83. The molecule has 1 aliphatic rings. The summed E-state index contributed by atoms with van der Waals surface area (Å²) in [7, 11) is 0. The lowest BCUT2D eigenvalue weighted by molar-refractivity contribution is 0.500. The average Bonchev–Trinajstić information content (AvgIpc) is 2.03. The zero-order chi connectivity index (χ0) is 7.23. The molecule has 1 aliphatic carbocycles. The summed E-state index contributed by atoms with van der Waals surface area (Å²) in [6, 6.07) is 0. The Bertz CT molecular complexity index is 92.9. The van der Waals surface area contributed by atoms with Crippen molar-refractivity contribution in [1.29, 1.82) is 0 Å². The molecule has 1 fully saturated rings. The van der Waals surface area contributed by atoms with Gasteiger partial charge in [-0.2, -0.15) is 0 Å². The van der Waals surface area contributed by atoms with E-state index in [2.05, 4.69) is 12.7 Å². The van der Waals surface area contributed by atoms with Crippen LogP contribution in [0.15, 0.2) is 12.7 Å². The van der Waals surface area contributed by atoms with Crippen molar-refractivity contribution in [2.75, 3.05) is 0 Å². The highest BCUT2D eigenvalue weighted by Gasteiger charge is 2.13. The van der Waals surface area contributed by atoms with E-state index < -0.39 is 0 Å². The van der Waals surface area contributed by atoms with Crippen molar-refractivity contribution in [3.05, 3.63) is 12.7 Å². The fourth-order valence-corrected chi connectivity index (χ4v) is 3.69. The van der Waals surface area contributed by atoms with Crippen LogP contribution in [0.1, 0.15) is 32.1 Å². The molecule has 0 N–H and O–H groups in total. The van der Waals surface area contributed by atoms with E-state index in [-0.39, 0.29) is 20.4 Å². The Hall–Kier alpha value is 0.506. The molecule has 0 atom stereocenters.